The molecule has 1 aromatic heterocycles. The van der Waals surface area contributed by atoms with E-state index in [9.17, 15) is 22.4 Å². The van der Waals surface area contributed by atoms with Crippen molar-refractivity contribution in [1.82, 2.24) is 10.3 Å². The van der Waals surface area contributed by atoms with Crippen LogP contribution in [-0.4, -0.2) is 23.5 Å². The van der Waals surface area contributed by atoms with Gasteiger partial charge in [0.05, 0.1) is 11.1 Å². The average Bonchev–Trinajstić information content (AvgIpc) is 2.67. The zero-order chi connectivity index (χ0) is 19.6. The SMILES string of the molecule is CC(NC(=O)c1cnc2c(F)cccc2c1)(c1ccccc1)C(F)C(F)F. The van der Waals surface area contributed by atoms with E-state index in [1.807, 2.05) is 0 Å². The molecular weight excluding hydrogens is 360 g/mol. The third-order valence-electron chi connectivity index (χ3n) is 4.44. The zero-order valence-electron chi connectivity index (χ0n) is 14.3. The highest BCUT2D eigenvalue weighted by molar-refractivity contribution is 5.97. The second-order valence-corrected chi connectivity index (χ2v) is 6.29. The normalized spacial score (nSPS) is 14.7. The number of hydrogen-bond donors (Lipinski definition) is 1. The maximum absolute atomic E-state index is 14.4. The summed E-state index contributed by atoms with van der Waals surface area (Å²) >= 11 is 0. The molecule has 2 unspecified atom stereocenters. The third kappa shape index (κ3) is 3.63. The van der Waals surface area contributed by atoms with Crippen molar-refractivity contribution in [2.45, 2.75) is 25.1 Å². The van der Waals surface area contributed by atoms with Crippen LogP contribution in [0.5, 0.6) is 0 Å². The second-order valence-electron chi connectivity index (χ2n) is 6.29. The van der Waals surface area contributed by atoms with Gasteiger partial charge in [0.25, 0.3) is 12.3 Å². The van der Waals surface area contributed by atoms with Crippen LogP contribution in [0.2, 0.25) is 0 Å². The summed E-state index contributed by atoms with van der Waals surface area (Å²) in [6.07, 6.45) is -4.80. The molecule has 0 fully saturated rings. The predicted molar refractivity (Wildman–Crippen MR) is 93.9 cm³/mol. The molecule has 3 aromatic rings. The molecule has 2 atom stereocenters. The Bertz CT molecular complexity index is 965. The van der Waals surface area contributed by atoms with Gasteiger partial charge in [-0.1, -0.05) is 42.5 Å². The molecule has 0 spiro atoms. The maximum atomic E-state index is 14.4. The minimum Gasteiger partial charge on any atom is -0.340 e. The first kappa shape index (κ1) is 18.8. The molecule has 140 valence electrons. The van der Waals surface area contributed by atoms with Gasteiger partial charge >= 0.3 is 0 Å². The van der Waals surface area contributed by atoms with Crippen molar-refractivity contribution in [3.8, 4) is 0 Å². The van der Waals surface area contributed by atoms with Crippen molar-refractivity contribution >= 4 is 16.8 Å². The van der Waals surface area contributed by atoms with E-state index < -0.39 is 29.9 Å². The molecular formula is C20H16F4N2O. The van der Waals surface area contributed by atoms with Crippen molar-refractivity contribution < 1.29 is 22.4 Å². The molecule has 0 aliphatic rings. The molecule has 0 saturated carbocycles. The minimum atomic E-state index is -3.29. The average molecular weight is 376 g/mol. The molecule has 0 radical (unpaired) electrons. The third-order valence-corrected chi connectivity index (χ3v) is 4.44. The van der Waals surface area contributed by atoms with Crippen LogP contribution in [0.15, 0.2) is 60.8 Å². The molecule has 3 nitrogen and oxygen atoms in total. The molecule has 27 heavy (non-hydrogen) atoms. The van der Waals surface area contributed by atoms with Crippen molar-refractivity contribution in [1.29, 1.82) is 0 Å². The maximum Gasteiger partial charge on any atom is 0.272 e. The molecule has 1 amide bonds. The topological polar surface area (TPSA) is 42.0 Å². The highest BCUT2D eigenvalue weighted by Gasteiger charge is 2.43. The van der Waals surface area contributed by atoms with E-state index >= 15 is 0 Å². The lowest BCUT2D eigenvalue weighted by molar-refractivity contribution is -0.00367. The van der Waals surface area contributed by atoms with Gasteiger partial charge in [0.15, 0.2) is 6.17 Å². The van der Waals surface area contributed by atoms with Crippen LogP contribution >= 0.6 is 0 Å². The van der Waals surface area contributed by atoms with Gasteiger partial charge in [0.1, 0.15) is 11.3 Å². The van der Waals surface area contributed by atoms with Crippen LogP contribution in [-0.2, 0) is 5.54 Å². The van der Waals surface area contributed by atoms with Crippen molar-refractivity contribution in [3.05, 3.63) is 77.7 Å². The number of aromatic nitrogens is 1. The van der Waals surface area contributed by atoms with Crippen LogP contribution in [0.4, 0.5) is 17.6 Å². The highest BCUT2D eigenvalue weighted by atomic mass is 19.3. The Morgan fingerprint density at radius 1 is 1.07 bits per heavy atom. The lowest BCUT2D eigenvalue weighted by Gasteiger charge is -2.34. The Kier molecular flexibility index (Phi) is 5.12. The molecule has 7 heteroatoms. The number of fused-ring (bicyclic) bond motifs is 1. The first-order valence-electron chi connectivity index (χ1n) is 8.17. The Labute approximate surface area is 153 Å². The molecule has 0 saturated heterocycles. The number of amides is 1. The summed E-state index contributed by atoms with van der Waals surface area (Å²) in [5.74, 6) is -1.33. The van der Waals surface area contributed by atoms with Gasteiger partial charge in [-0.3, -0.25) is 9.78 Å². The highest BCUT2D eigenvalue weighted by Crippen LogP contribution is 2.31. The van der Waals surface area contributed by atoms with E-state index in [-0.39, 0.29) is 16.6 Å². The lowest BCUT2D eigenvalue weighted by atomic mass is 9.86. The van der Waals surface area contributed by atoms with E-state index in [0.29, 0.717) is 5.39 Å². The Morgan fingerprint density at radius 3 is 2.44 bits per heavy atom. The number of benzene rings is 2. The van der Waals surface area contributed by atoms with Crippen LogP contribution < -0.4 is 5.32 Å². The van der Waals surface area contributed by atoms with Crippen LogP contribution in [0.25, 0.3) is 10.9 Å². The second kappa shape index (κ2) is 7.34. The van der Waals surface area contributed by atoms with Gasteiger partial charge in [-0.2, -0.15) is 0 Å². The standard InChI is InChI=1S/C20H16F4N2O/c1-20(17(22)18(23)24,14-7-3-2-4-8-14)26-19(27)13-10-12-6-5-9-15(21)16(12)25-11-13/h2-11,17-18H,1H3,(H,26,27). The van der Waals surface area contributed by atoms with Gasteiger partial charge in [0, 0.05) is 11.6 Å². The fourth-order valence-electron chi connectivity index (χ4n) is 2.89. The number of hydrogen-bond acceptors (Lipinski definition) is 2. The van der Waals surface area contributed by atoms with Crippen molar-refractivity contribution in [2.24, 2.45) is 0 Å². The fraction of sp³-hybridized carbons (Fsp3) is 0.200. The Hall–Kier alpha value is -2.96. The quantitative estimate of drug-likeness (QED) is 0.660. The Morgan fingerprint density at radius 2 is 1.78 bits per heavy atom. The number of nitrogens with one attached hydrogen (secondary N) is 1. The molecule has 0 aliphatic heterocycles. The summed E-state index contributed by atoms with van der Waals surface area (Å²) in [4.78, 5) is 16.5. The number of carbonyl (C=O) groups is 1. The van der Waals surface area contributed by atoms with Gasteiger partial charge in [-0.25, -0.2) is 17.6 Å². The van der Waals surface area contributed by atoms with E-state index in [1.54, 1.807) is 24.3 Å². The lowest BCUT2D eigenvalue weighted by Crippen LogP contribution is -2.52. The van der Waals surface area contributed by atoms with Gasteiger partial charge < -0.3 is 5.32 Å². The molecule has 1 N–H and O–H groups in total. The van der Waals surface area contributed by atoms with Crippen LogP contribution in [0.3, 0.4) is 0 Å². The molecule has 1 heterocycles. The summed E-state index contributed by atoms with van der Waals surface area (Å²) in [6.45, 7) is 1.20. The molecule has 2 aromatic carbocycles. The number of halogens is 4. The summed E-state index contributed by atoms with van der Waals surface area (Å²) < 4.78 is 54.4. The smallest absolute Gasteiger partial charge is 0.272 e. The summed E-state index contributed by atoms with van der Waals surface area (Å²) in [6, 6.07) is 13.4. The summed E-state index contributed by atoms with van der Waals surface area (Å²) in [5, 5.41) is 2.73. The number of alkyl halides is 3. The van der Waals surface area contributed by atoms with E-state index in [1.165, 1.54) is 37.3 Å². The van der Waals surface area contributed by atoms with E-state index in [4.69, 9.17) is 0 Å². The zero-order valence-corrected chi connectivity index (χ0v) is 14.3. The first-order chi connectivity index (χ1) is 12.8. The number of para-hydroxylation sites is 1. The fourth-order valence-corrected chi connectivity index (χ4v) is 2.89. The number of pyridine rings is 1. The van der Waals surface area contributed by atoms with Crippen LogP contribution in [0.1, 0.15) is 22.8 Å². The number of nitrogens with zero attached hydrogens (tertiary/aromatic N) is 1. The van der Waals surface area contributed by atoms with Crippen molar-refractivity contribution in [3.63, 3.8) is 0 Å². The predicted octanol–water partition coefficient (Wildman–Crippen LogP) is 4.62. The Balaban J connectivity index is 1.98. The van der Waals surface area contributed by atoms with E-state index in [2.05, 4.69) is 10.3 Å². The first-order valence-corrected chi connectivity index (χ1v) is 8.17. The summed E-state index contributed by atoms with van der Waals surface area (Å²) in [5.41, 5.74) is -1.66. The minimum absolute atomic E-state index is 0.0109. The van der Waals surface area contributed by atoms with Gasteiger partial charge in [-0.05, 0) is 24.6 Å². The largest absolute Gasteiger partial charge is 0.340 e. The monoisotopic (exact) mass is 376 g/mol. The number of carbonyl (C=O) groups excluding carboxylic acids is 1. The molecule has 0 bridgehead atoms. The van der Waals surface area contributed by atoms with E-state index in [0.717, 1.165) is 6.20 Å². The van der Waals surface area contributed by atoms with Crippen LogP contribution in [0, 0.1) is 5.82 Å². The van der Waals surface area contributed by atoms with Crippen molar-refractivity contribution in [2.75, 3.05) is 0 Å². The van der Waals surface area contributed by atoms with Gasteiger partial charge in [0.2, 0.25) is 0 Å². The summed E-state index contributed by atoms with van der Waals surface area (Å²) in [7, 11) is 0. The molecule has 0 aliphatic carbocycles. The number of rotatable bonds is 5. The molecule has 3 rings (SSSR count). The van der Waals surface area contributed by atoms with Gasteiger partial charge in [-0.15, -0.1) is 0 Å².